The van der Waals surface area contributed by atoms with Crippen molar-refractivity contribution in [3.05, 3.63) is 100.0 Å². The van der Waals surface area contributed by atoms with Crippen LogP contribution in [-0.2, 0) is 9.53 Å². The molecule has 1 fully saturated rings. The first-order valence-electron chi connectivity index (χ1n) is 12.0. The van der Waals surface area contributed by atoms with Gasteiger partial charge in [-0.05, 0) is 11.1 Å². The number of hydrogen-bond acceptors (Lipinski definition) is 6. The Hall–Kier alpha value is -4.11. The molecule has 2 aliphatic rings. The Bertz CT molecular complexity index is 1250. The number of pyridine rings is 1. The Kier molecular flexibility index (Phi) is 6.73. The van der Waals surface area contributed by atoms with Crippen molar-refractivity contribution in [1.82, 2.24) is 14.5 Å². The van der Waals surface area contributed by atoms with E-state index < -0.39 is 17.1 Å². The molecule has 3 aromatic rings. The minimum atomic E-state index is -0.628. The van der Waals surface area contributed by atoms with E-state index in [1.54, 1.807) is 9.58 Å². The van der Waals surface area contributed by atoms with Crippen LogP contribution in [0.5, 0.6) is 5.75 Å². The Morgan fingerprint density at radius 3 is 2.14 bits per heavy atom. The maximum absolute atomic E-state index is 13.5. The highest BCUT2D eigenvalue weighted by Gasteiger charge is 2.36. The zero-order valence-corrected chi connectivity index (χ0v) is 19.8. The zero-order chi connectivity index (χ0) is 25.1. The summed E-state index contributed by atoms with van der Waals surface area (Å²) in [5.74, 6) is -1.15. The molecule has 2 aromatic carbocycles. The van der Waals surface area contributed by atoms with E-state index in [0.29, 0.717) is 26.3 Å². The van der Waals surface area contributed by atoms with Crippen LogP contribution in [0.1, 0.15) is 34.1 Å². The standard InChI is InChI=1S/C27H28N4O5/c32-22-11-14-30-25(26(22)34)27(35)29(13-12-23(33)28-15-17-36-18-16-28)19-31(30)24(20-7-3-1-4-8-20)21-9-5-2-6-10-21/h1-11,14,24,34H,12-13,15-19H2. The molecule has 0 bridgehead atoms. The fourth-order valence-electron chi connectivity index (χ4n) is 4.77. The smallest absolute Gasteiger partial charge is 0.277 e. The molecule has 0 radical (unpaired) electrons. The number of aromatic hydroxyl groups is 1. The van der Waals surface area contributed by atoms with Crippen LogP contribution < -0.4 is 10.4 Å². The lowest BCUT2D eigenvalue weighted by Gasteiger charge is -2.44. The number of benzene rings is 2. The van der Waals surface area contributed by atoms with E-state index in [2.05, 4.69) is 0 Å². The van der Waals surface area contributed by atoms with Gasteiger partial charge in [0.05, 0.1) is 19.3 Å². The highest BCUT2D eigenvalue weighted by Crippen LogP contribution is 2.32. The fourth-order valence-corrected chi connectivity index (χ4v) is 4.77. The fraction of sp³-hybridized carbons (Fsp3) is 0.296. The third-order valence-electron chi connectivity index (χ3n) is 6.62. The molecule has 1 saturated heterocycles. The summed E-state index contributed by atoms with van der Waals surface area (Å²) >= 11 is 0. The molecule has 0 unspecified atom stereocenters. The van der Waals surface area contributed by atoms with Gasteiger partial charge in [-0.25, -0.2) is 0 Å². The molecule has 3 heterocycles. The SMILES string of the molecule is O=C(CCN1CN(C(c2ccccc2)c2ccccc2)n2ccc(=O)c(O)c2C1=O)N1CCOCC1. The van der Waals surface area contributed by atoms with Gasteiger partial charge in [0.25, 0.3) is 5.91 Å². The number of ether oxygens (including phenoxy) is 1. The Labute approximate surface area is 208 Å². The molecule has 0 spiro atoms. The van der Waals surface area contributed by atoms with Gasteiger partial charge in [0.2, 0.25) is 11.3 Å². The van der Waals surface area contributed by atoms with Gasteiger partial charge < -0.3 is 19.6 Å². The van der Waals surface area contributed by atoms with Gasteiger partial charge in [-0.15, -0.1) is 0 Å². The van der Waals surface area contributed by atoms with Gasteiger partial charge in [-0.1, -0.05) is 60.7 Å². The van der Waals surface area contributed by atoms with Gasteiger partial charge in [0, 0.05) is 38.3 Å². The Morgan fingerprint density at radius 1 is 0.917 bits per heavy atom. The lowest BCUT2D eigenvalue weighted by atomic mass is 9.98. The van der Waals surface area contributed by atoms with Crippen molar-refractivity contribution in [3.63, 3.8) is 0 Å². The zero-order valence-electron chi connectivity index (χ0n) is 19.8. The molecular formula is C27H28N4O5. The first-order valence-corrected chi connectivity index (χ1v) is 12.0. The lowest BCUT2D eigenvalue weighted by Crippen LogP contribution is -2.56. The summed E-state index contributed by atoms with van der Waals surface area (Å²) in [6.07, 6.45) is 1.66. The number of carbonyl (C=O) groups excluding carboxylic acids is 2. The number of fused-ring (bicyclic) bond motifs is 1. The van der Waals surface area contributed by atoms with Crippen molar-refractivity contribution in [3.8, 4) is 5.75 Å². The van der Waals surface area contributed by atoms with Gasteiger partial charge >= 0.3 is 0 Å². The Morgan fingerprint density at radius 2 is 1.53 bits per heavy atom. The summed E-state index contributed by atoms with van der Waals surface area (Å²) in [7, 11) is 0. The average molecular weight is 489 g/mol. The summed E-state index contributed by atoms with van der Waals surface area (Å²) in [5.41, 5.74) is 1.22. The van der Waals surface area contributed by atoms with Gasteiger partial charge in [-0.3, -0.25) is 24.1 Å². The van der Waals surface area contributed by atoms with Crippen LogP contribution >= 0.6 is 0 Å². The third kappa shape index (κ3) is 4.57. The molecule has 0 aliphatic carbocycles. The molecule has 0 atom stereocenters. The van der Waals surface area contributed by atoms with Gasteiger partial charge in [-0.2, -0.15) is 0 Å². The molecule has 2 amide bonds. The normalized spacial score (nSPS) is 15.8. The first-order chi connectivity index (χ1) is 17.5. The van der Waals surface area contributed by atoms with Crippen molar-refractivity contribution in [2.24, 2.45) is 0 Å². The molecule has 9 nitrogen and oxygen atoms in total. The van der Waals surface area contributed by atoms with Gasteiger partial charge in [0.15, 0.2) is 11.4 Å². The van der Waals surface area contributed by atoms with Crippen molar-refractivity contribution >= 4 is 11.8 Å². The largest absolute Gasteiger partial charge is 0.502 e. The number of hydrogen-bond donors (Lipinski definition) is 1. The summed E-state index contributed by atoms with van der Waals surface area (Å²) in [4.78, 5) is 41.8. The summed E-state index contributed by atoms with van der Waals surface area (Å²) in [6.45, 7) is 2.39. The number of aromatic nitrogens is 1. The van der Waals surface area contributed by atoms with Crippen LogP contribution in [-0.4, -0.2) is 70.9 Å². The third-order valence-corrected chi connectivity index (χ3v) is 6.62. The second kappa shape index (κ2) is 10.2. The number of rotatable bonds is 6. The predicted molar refractivity (Wildman–Crippen MR) is 133 cm³/mol. The topological polar surface area (TPSA) is 95.3 Å². The van der Waals surface area contributed by atoms with Crippen LogP contribution in [0.3, 0.4) is 0 Å². The summed E-state index contributed by atoms with van der Waals surface area (Å²) in [5, 5.41) is 12.6. The second-order valence-electron chi connectivity index (χ2n) is 8.84. The van der Waals surface area contributed by atoms with E-state index in [9.17, 15) is 19.5 Å². The molecule has 2 aliphatic heterocycles. The predicted octanol–water partition coefficient (Wildman–Crippen LogP) is 1.94. The van der Waals surface area contributed by atoms with E-state index >= 15 is 0 Å². The molecule has 0 saturated carbocycles. The van der Waals surface area contributed by atoms with Crippen molar-refractivity contribution < 1.29 is 19.4 Å². The molecule has 5 rings (SSSR count). The quantitative estimate of drug-likeness (QED) is 0.570. The van der Waals surface area contributed by atoms with E-state index in [4.69, 9.17) is 4.74 Å². The van der Waals surface area contributed by atoms with Crippen molar-refractivity contribution in [2.45, 2.75) is 12.5 Å². The van der Waals surface area contributed by atoms with Crippen LogP contribution in [0.15, 0.2) is 77.7 Å². The second-order valence-corrected chi connectivity index (χ2v) is 8.84. The van der Waals surface area contributed by atoms with Crippen molar-refractivity contribution in [2.75, 3.05) is 44.5 Å². The highest BCUT2D eigenvalue weighted by molar-refractivity contribution is 5.96. The number of nitrogens with zero attached hydrogens (tertiary/aromatic N) is 4. The van der Waals surface area contributed by atoms with Gasteiger partial charge in [0.1, 0.15) is 6.67 Å². The minimum absolute atomic E-state index is 0.0550. The van der Waals surface area contributed by atoms with Crippen LogP contribution in [0, 0.1) is 0 Å². The maximum atomic E-state index is 13.5. The molecule has 1 N–H and O–H groups in total. The monoisotopic (exact) mass is 488 g/mol. The Balaban J connectivity index is 1.53. The van der Waals surface area contributed by atoms with E-state index in [0.717, 1.165) is 11.1 Å². The molecular weight excluding hydrogens is 460 g/mol. The highest BCUT2D eigenvalue weighted by atomic mass is 16.5. The van der Waals surface area contributed by atoms with E-state index in [1.165, 1.54) is 17.2 Å². The number of amides is 2. The summed E-state index contributed by atoms with van der Waals surface area (Å²) in [6, 6.07) is 20.6. The van der Waals surface area contributed by atoms with Crippen molar-refractivity contribution in [1.29, 1.82) is 0 Å². The first kappa shape index (κ1) is 23.6. The maximum Gasteiger partial charge on any atom is 0.277 e. The number of morpholine rings is 1. The van der Waals surface area contributed by atoms with E-state index in [1.807, 2.05) is 65.7 Å². The van der Waals surface area contributed by atoms with Crippen LogP contribution in [0.25, 0.3) is 0 Å². The minimum Gasteiger partial charge on any atom is -0.502 e. The molecule has 186 valence electrons. The summed E-state index contributed by atoms with van der Waals surface area (Å²) < 4.78 is 6.88. The lowest BCUT2D eigenvalue weighted by molar-refractivity contribution is -0.135. The average Bonchev–Trinajstić information content (AvgIpc) is 2.92. The molecule has 36 heavy (non-hydrogen) atoms. The van der Waals surface area contributed by atoms with Crippen LogP contribution in [0.4, 0.5) is 0 Å². The van der Waals surface area contributed by atoms with E-state index in [-0.39, 0.29) is 37.3 Å². The number of carbonyl (C=O) groups is 2. The van der Waals surface area contributed by atoms with Crippen LogP contribution in [0.2, 0.25) is 0 Å². The molecule has 1 aromatic heterocycles. The molecule has 9 heteroatoms.